The number of benzene rings is 1. The number of fused-ring (bicyclic) bond motifs is 1. The van der Waals surface area contributed by atoms with Crippen LogP contribution in [0.2, 0.25) is 0 Å². The molecule has 2 N–H and O–H groups in total. The van der Waals surface area contributed by atoms with Gasteiger partial charge in [-0.3, -0.25) is 4.79 Å². The van der Waals surface area contributed by atoms with Crippen molar-refractivity contribution in [2.75, 3.05) is 18.4 Å². The van der Waals surface area contributed by atoms with Crippen LogP contribution in [0, 0.1) is 19.7 Å². The summed E-state index contributed by atoms with van der Waals surface area (Å²) in [7, 11) is 0. The third-order valence-corrected chi connectivity index (χ3v) is 7.29. The van der Waals surface area contributed by atoms with Crippen LogP contribution >= 0.6 is 0 Å². The van der Waals surface area contributed by atoms with E-state index in [2.05, 4.69) is 15.3 Å². The van der Waals surface area contributed by atoms with Crippen LogP contribution in [-0.4, -0.2) is 49.6 Å². The van der Waals surface area contributed by atoms with Crippen molar-refractivity contribution in [1.82, 2.24) is 19.9 Å². The molecule has 0 saturated heterocycles. The van der Waals surface area contributed by atoms with E-state index in [4.69, 9.17) is 4.98 Å². The number of hydrogen-bond acceptors (Lipinski definition) is 6. The number of amides is 1. The lowest BCUT2D eigenvalue weighted by Gasteiger charge is -2.30. The van der Waals surface area contributed by atoms with Gasteiger partial charge in [0.05, 0.1) is 17.0 Å². The Morgan fingerprint density at radius 3 is 2.46 bits per heavy atom. The molecule has 1 unspecified atom stereocenters. The van der Waals surface area contributed by atoms with Crippen molar-refractivity contribution < 1.29 is 23.1 Å². The zero-order valence-corrected chi connectivity index (χ0v) is 23.3. The molecule has 1 aliphatic heterocycles. The number of pyridine rings is 1. The molecule has 208 valence electrons. The van der Waals surface area contributed by atoms with E-state index in [1.54, 1.807) is 25.7 Å². The number of alkyl halides is 2. The SMILES string of the molecule is CC(=O)N1CCC(c2cc3c(NC(C)c4cccc(C(F)(F)C(C)(C)O)c4F)nc(C)nc3nc2C)=C(C)C1. The number of nitrogens with one attached hydrogen (secondary N) is 1. The highest BCUT2D eigenvalue weighted by atomic mass is 19.3. The first-order chi connectivity index (χ1) is 18.1. The van der Waals surface area contributed by atoms with Gasteiger partial charge in [-0.2, -0.15) is 8.78 Å². The third-order valence-electron chi connectivity index (χ3n) is 7.29. The van der Waals surface area contributed by atoms with Gasteiger partial charge in [0.2, 0.25) is 5.91 Å². The van der Waals surface area contributed by atoms with Crippen molar-refractivity contribution >= 4 is 28.3 Å². The number of hydrogen-bond donors (Lipinski definition) is 2. The summed E-state index contributed by atoms with van der Waals surface area (Å²) in [5, 5.41) is 13.8. The smallest absolute Gasteiger partial charge is 0.303 e. The highest BCUT2D eigenvalue weighted by Gasteiger charge is 2.49. The topological polar surface area (TPSA) is 91.2 Å². The zero-order chi connectivity index (χ0) is 28.9. The number of aromatic nitrogens is 3. The summed E-state index contributed by atoms with van der Waals surface area (Å²) < 4.78 is 45.1. The van der Waals surface area contributed by atoms with Crippen LogP contribution in [0.15, 0.2) is 29.8 Å². The van der Waals surface area contributed by atoms with Crippen LogP contribution in [0.5, 0.6) is 0 Å². The highest BCUT2D eigenvalue weighted by molar-refractivity contribution is 5.90. The lowest BCUT2D eigenvalue weighted by atomic mass is 9.91. The minimum absolute atomic E-state index is 0.0105. The number of carbonyl (C=O) groups excluding carboxylic acids is 1. The van der Waals surface area contributed by atoms with Crippen LogP contribution in [0.25, 0.3) is 16.6 Å². The summed E-state index contributed by atoms with van der Waals surface area (Å²) in [6, 6.07) is 4.96. The second-order valence-electron chi connectivity index (χ2n) is 10.8. The third kappa shape index (κ3) is 5.34. The summed E-state index contributed by atoms with van der Waals surface area (Å²) in [4.78, 5) is 27.4. The zero-order valence-electron chi connectivity index (χ0n) is 23.3. The second-order valence-corrected chi connectivity index (χ2v) is 10.8. The van der Waals surface area contributed by atoms with Gasteiger partial charge in [-0.25, -0.2) is 19.3 Å². The van der Waals surface area contributed by atoms with Gasteiger partial charge >= 0.3 is 5.92 Å². The fraction of sp³-hybridized carbons (Fsp3) is 0.448. The largest absolute Gasteiger partial charge is 0.384 e. The van der Waals surface area contributed by atoms with Gasteiger partial charge in [-0.1, -0.05) is 17.7 Å². The molecule has 1 aliphatic rings. The summed E-state index contributed by atoms with van der Waals surface area (Å²) >= 11 is 0. The van der Waals surface area contributed by atoms with Gasteiger partial charge < -0.3 is 15.3 Å². The summed E-state index contributed by atoms with van der Waals surface area (Å²) in [6.07, 6.45) is 0.679. The maximum atomic E-state index is 15.4. The van der Waals surface area contributed by atoms with Gasteiger partial charge in [0, 0.05) is 31.3 Å². The predicted octanol–water partition coefficient (Wildman–Crippen LogP) is 5.84. The molecule has 3 aromatic rings. The molecule has 3 heterocycles. The van der Waals surface area contributed by atoms with Gasteiger partial charge in [0.1, 0.15) is 23.1 Å². The van der Waals surface area contributed by atoms with Crippen molar-refractivity contribution in [2.45, 2.75) is 72.5 Å². The van der Waals surface area contributed by atoms with E-state index in [-0.39, 0.29) is 11.5 Å². The molecule has 39 heavy (non-hydrogen) atoms. The van der Waals surface area contributed by atoms with E-state index in [9.17, 15) is 18.7 Å². The Hall–Kier alpha value is -3.53. The second kappa shape index (κ2) is 10.2. The van der Waals surface area contributed by atoms with Crippen molar-refractivity contribution in [1.29, 1.82) is 0 Å². The molecule has 1 atom stereocenters. The van der Waals surface area contributed by atoms with Crippen molar-refractivity contribution in [2.24, 2.45) is 0 Å². The standard InChI is InChI=1S/C29H34F3N5O2/c1-15-14-37(19(5)38)12-11-20(15)22-13-23-26(35-18(4)36-27(23)34-17(22)3)33-16(2)21-9-8-10-24(25(21)30)29(31,32)28(6,7)39/h8-10,13,16,39H,11-12,14H2,1-7H3,(H,33,34,35,36). The molecule has 0 fully saturated rings. The average molecular weight is 542 g/mol. The molecule has 7 nitrogen and oxygen atoms in total. The fourth-order valence-electron chi connectivity index (χ4n) is 4.96. The van der Waals surface area contributed by atoms with Crippen LogP contribution < -0.4 is 5.32 Å². The first kappa shape index (κ1) is 28.5. The highest BCUT2D eigenvalue weighted by Crippen LogP contribution is 2.41. The molecular formula is C29H34F3N5O2. The van der Waals surface area contributed by atoms with Crippen LogP contribution in [0.3, 0.4) is 0 Å². The molecule has 2 aromatic heterocycles. The van der Waals surface area contributed by atoms with Crippen LogP contribution in [0.1, 0.15) is 75.3 Å². The number of aliphatic hydroxyl groups is 1. The van der Waals surface area contributed by atoms with E-state index in [0.29, 0.717) is 42.2 Å². The molecule has 0 aliphatic carbocycles. The molecule has 4 rings (SSSR count). The normalized spacial score (nSPS) is 15.6. The van der Waals surface area contributed by atoms with Gasteiger partial charge in [-0.05, 0) is 71.2 Å². The quantitative estimate of drug-likeness (QED) is 0.407. The van der Waals surface area contributed by atoms with Crippen molar-refractivity contribution in [3.63, 3.8) is 0 Å². The van der Waals surface area contributed by atoms with Crippen molar-refractivity contribution in [3.05, 3.63) is 63.9 Å². The molecule has 1 aromatic carbocycles. The molecule has 0 spiro atoms. The minimum Gasteiger partial charge on any atom is -0.384 e. The van der Waals surface area contributed by atoms with Crippen LogP contribution in [-0.2, 0) is 10.7 Å². The molecule has 10 heteroatoms. The lowest BCUT2D eigenvalue weighted by molar-refractivity contribution is -0.170. The van der Waals surface area contributed by atoms with E-state index in [1.807, 2.05) is 19.9 Å². The average Bonchev–Trinajstić information content (AvgIpc) is 2.83. The Morgan fingerprint density at radius 2 is 1.85 bits per heavy atom. The summed E-state index contributed by atoms with van der Waals surface area (Å²) in [5.74, 6) is -4.01. The Labute approximate surface area is 226 Å². The Balaban J connectivity index is 1.76. The first-order valence-electron chi connectivity index (χ1n) is 12.9. The van der Waals surface area contributed by atoms with E-state index in [1.165, 1.54) is 12.1 Å². The molecular weight excluding hydrogens is 507 g/mol. The van der Waals surface area contributed by atoms with Gasteiger partial charge in [0.25, 0.3) is 0 Å². The lowest BCUT2D eigenvalue weighted by Crippen LogP contribution is -2.41. The molecule has 1 amide bonds. The van der Waals surface area contributed by atoms with Gasteiger partial charge in [-0.15, -0.1) is 0 Å². The number of rotatable bonds is 6. The van der Waals surface area contributed by atoms with Crippen LogP contribution in [0.4, 0.5) is 19.0 Å². The van der Waals surface area contributed by atoms with E-state index < -0.39 is 28.9 Å². The number of aryl methyl sites for hydroxylation is 2. The van der Waals surface area contributed by atoms with Crippen molar-refractivity contribution in [3.8, 4) is 0 Å². The first-order valence-corrected chi connectivity index (χ1v) is 12.9. The summed E-state index contributed by atoms with van der Waals surface area (Å²) in [5.41, 5.74) is 1.04. The number of carbonyl (C=O) groups is 1. The maximum Gasteiger partial charge on any atom is 0.303 e. The number of nitrogens with zero attached hydrogens (tertiary/aromatic N) is 4. The number of halogens is 3. The van der Waals surface area contributed by atoms with Gasteiger partial charge in [0.15, 0.2) is 5.65 Å². The Bertz CT molecular complexity index is 1480. The number of anilines is 1. The summed E-state index contributed by atoms with van der Waals surface area (Å²) in [6.45, 7) is 11.9. The Morgan fingerprint density at radius 1 is 1.15 bits per heavy atom. The molecule has 0 radical (unpaired) electrons. The minimum atomic E-state index is -3.80. The Kier molecular flexibility index (Phi) is 7.46. The van der Waals surface area contributed by atoms with E-state index in [0.717, 1.165) is 42.3 Å². The predicted molar refractivity (Wildman–Crippen MR) is 145 cm³/mol. The monoisotopic (exact) mass is 541 g/mol. The molecule has 0 saturated carbocycles. The molecule has 0 bridgehead atoms. The van der Waals surface area contributed by atoms with E-state index >= 15 is 4.39 Å². The fourth-order valence-corrected chi connectivity index (χ4v) is 4.96. The maximum absolute atomic E-state index is 15.4.